The van der Waals surface area contributed by atoms with Crippen molar-refractivity contribution < 1.29 is 29.0 Å². The minimum atomic E-state index is -1.13. The van der Waals surface area contributed by atoms with Crippen LogP contribution in [0.4, 0.5) is 0 Å². The summed E-state index contributed by atoms with van der Waals surface area (Å²) in [6.45, 7) is 4.16. The molecule has 0 bridgehead atoms. The summed E-state index contributed by atoms with van der Waals surface area (Å²) in [5.41, 5.74) is 0.0292. The number of rotatable bonds is 8. The number of hydrogen-bond donors (Lipinski definition) is 3. The van der Waals surface area contributed by atoms with Gasteiger partial charge in [-0.25, -0.2) is 4.79 Å². The number of likely N-dealkylation sites (N-methyl/N-ethyl adjacent to an activating group) is 1. The highest BCUT2D eigenvalue weighted by atomic mass is 32.2. The van der Waals surface area contributed by atoms with Gasteiger partial charge in [0.05, 0.1) is 18.0 Å². The molecule has 11 heteroatoms. The Morgan fingerprint density at radius 1 is 1.39 bits per heavy atom. The van der Waals surface area contributed by atoms with Gasteiger partial charge < -0.3 is 30.3 Å². The number of hydrogen-bond acceptors (Lipinski definition) is 7. The van der Waals surface area contributed by atoms with Gasteiger partial charge in [0, 0.05) is 49.9 Å². The summed E-state index contributed by atoms with van der Waals surface area (Å²) in [5, 5.41) is 15.9. The summed E-state index contributed by atoms with van der Waals surface area (Å²) < 4.78 is 4.82. The zero-order valence-electron chi connectivity index (χ0n) is 18.4. The molecule has 3 heterocycles. The quantitative estimate of drug-likeness (QED) is 0.417. The molecule has 3 rings (SSSR count). The largest absolute Gasteiger partial charge is 0.477 e. The fourth-order valence-electron chi connectivity index (χ4n) is 4.69. The number of aliphatic carboxylic acids is 1. The van der Waals surface area contributed by atoms with E-state index in [0.717, 1.165) is 0 Å². The molecule has 3 N–H and O–H groups in total. The van der Waals surface area contributed by atoms with E-state index in [1.54, 1.807) is 25.9 Å². The lowest BCUT2D eigenvalue weighted by Crippen LogP contribution is -2.66. The molecule has 3 aliphatic rings. The molecule has 10 nitrogen and oxygen atoms in total. The molecule has 2 saturated heterocycles. The first-order valence-electron chi connectivity index (χ1n) is 10.3. The topological polar surface area (TPSA) is 128 Å². The molecule has 0 spiro atoms. The van der Waals surface area contributed by atoms with E-state index in [4.69, 9.17) is 4.74 Å². The van der Waals surface area contributed by atoms with Crippen LogP contribution in [0.3, 0.4) is 0 Å². The van der Waals surface area contributed by atoms with Crippen molar-refractivity contribution in [3.63, 3.8) is 0 Å². The van der Waals surface area contributed by atoms with Crippen LogP contribution < -0.4 is 10.6 Å². The third-order valence-corrected chi connectivity index (χ3v) is 7.63. The molecule has 31 heavy (non-hydrogen) atoms. The predicted molar refractivity (Wildman–Crippen MR) is 114 cm³/mol. The Bertz CT molecular complexity index is 815. The second-order valence-corrected chi connectivity index (χ2v) is 9.83. The number of carbonyl (C=O) groups is 4. The molecule has 3 aliphatic heterocycles. The first kappa shape index (κ1) is 23.6. The van der Waals surface area contributed by atoms with E-state index in [0.29, 0.717) is 17.9 Å². The van der Waals surface area contributed by atoms with Gasteiger partial charge >= 0.3 is 5.97 Å². The minimum Gasteiger partial charge on any atom is -0.477 e. The van der Waals surface area contributed by atoms with Gasteiger partial charge in [-0.1, -0.05) is 6.92 Å². The van der Waals surface area contributed by atoms with E-state index < -0.39 is 17.9 Å². The smallest absolute Gasteiger partial charge is 0.353 e. The standard InChI is InChI=1S/C20H30N4O6S/c1-9-15-14(10(2)22-13(25)8-30-5)19(27)24(15)16(20(28)29)17(9)31-11-6-12(21-7-11)18(26)23(3)4/h9-12,14-15,21H,6-8H2,1-5H3,(H,22,25)(H,28,29)/t9-,10-,11+,12+,14-,15-/m1/s1. The monoisotopic (exact) mass is 454 g/mol. The van der Waals surface area contributed by atoms with Crippen LogP contribution in [0.25, 0.3) is 0 Å². The Kier molecular flexibility index (Phi) is 6.97. The van der Waals surface area contributed by atoms with Crippen LogP contribution in [0.1, 0.15) is 20.3 Å². The van der Waals surface area contributed by atoms with Crippen LogP contribution in [0, 0.1) is 11.8 Å². The zero-order chi connectivity index (χ0) is 23.0. The van der Waals surface area contributed by atoms with Gasteiger partial charge in [-0.15, -0.1) is 11.8 Å². The number of carbonyl (C=O) groups excluding carboxylic acids is 3. The summed E-state index contributed by atoms with van der Waals surface area (Å²) in [4.78, 5) is 52.6. The van der Waals surface area contributed by atoms with Crippen LogP contribution in [0.15, 0.2) is 10.6 Å². The number of nitrogens with zero attached hydrogens (tertiary/aromatic N) is 2. The van der Waals surface area contributed by atoms with E-state index in [9.17, 15) is 24.3 Å². The number of nitrogens with one attached hydrogen (secondary N) is 2. The van der Waals surface area contributed by atoms with E-state index in [-0.39, 0.29) is 53.3 Å². The molecule has 0 saturated carbocycles. The number of thioether (sulfide) groups is 1. The number of amides is 3. The van der Waals surface area contributed by atoms with Gasteiger partial charge in [0.2, 0.25) is 17.7 Å². The normalized spacial score (nSPS) is 30.7. The number of β-lactam (4-membered cyclic amide) rings is 1. The average molecular weight is 455 g/mol. The van der Waals surface area contributed by atoms with Crippen molar-refractivity contribution in [1.82, 2.24) is 20.4 Å². The maximum atomic E-state index is 12.9. The lowest BCUT2D eigenvalue weighted by atomic mass is 9.78. The molecule has 172 valence electrons. The summed E-state index contributed by atoms with van der Waals surface area (Å²) in [6, 6.07) is -1.04. The third-order valence-electron chi connectivity index (χ3n) is 6.12. The maximum Gasteiger partial charge on any atom is 0.353 e. The fraction of sp³-hybridized carbons (Fsp3) is 0.700. The van der Waals surface area contributed by atoms with Crippen molar-refractivity contribution in [1.29, 1.82) is 0 Å². The molecule has 3 amide bonds. The van der Waals surface area contributed by atoms with E-state index >= 15 is 0 Å². The summed E-state index contributed by atoms with van der Waals surface area (Å²) >= 11 is 1.44. The fourth-order valence-corrected chi connectivity index (χ4v) is 6.16. The number of fused-ring (bicyclic) bond motifs is 1. The van der Waals surface area contributed by atoms with Crippen LogP contribution in [0.5, 0.6) is 0 Å². The summed E-state index contributed by atoms with van der Waals surface area (Å²) in [6.07, 6.45) is 0.594. The zero-order valence-corrected chi connectivity index (χ0v) is 19.2. The number of carboxylic acids is 1. The predicted octanol–water partition coefficient (Wildman–Crippen LogP) is -0.538. The molecular weight excluding hydrogens is 424 g/mol. The van der Waals surface area contributed by atoms with Gasteiger partial charge in [0.25, 0.3) is 0 Å². The van der Waals surface area contributed by atoms with Crippen molar-refractivity contribution in [2.45, 2.75) is 43.6 Å². The molecule has 0 aromatic rings. The second kappa shape index (κ2) is 9.17. The molecular formula is C20H30N4O6S. The first-order chi connectivity index (χ1) is 14.6. The van der Waals surface area contributed by atoms with Crippen molar-refractivity contribution in [3.05, 3.63) is 10.6 Å². The van der Waals surface area contributed by atoms with Crippen molar-refractivity contribution >= 4 is 35.5 Å². The van der Waals surface area contributed by atoms with Crippen LogP contribution in [0.2, 0.25) is 0 Å². The lowest BCUT2D eigenvalue weighted by molar-refractivity contribution is -0.158. The van der Waals surface area contributed by atoms with E-state index in [1.807, 2.05) is 6.92 Å². The van der Waals surface area contributed by atoms with Gasteiger partial charge in [-0.05, 0) is 13.3 Å². The summed E-state index contributed by atoms with van der Waals surface area (Å²) in [5.74, 6) is -2.42. The Morgan fingerprint density at radius 3 is 2.65 bits per heavy atom. The number of ether oxygens (including phenoxy) is 1. The highest BCUT2D eigenvalue weighted by Gasteiger charge is 2.60. The minimum absolute atomic E-state index is 0.00491. The summed E-state index contributed by atoms with van der Waals surface area (Å²) in [7, 11) is 4.83. The maximum absolute atomic E-state index is 12.9. The van der Waals surface area contributed by atoms with Crippen molar-refractivity contribution in [2.24, 2.45) is 11.8 Å². The van der Waals surface area contributed by atoms with Gasteiger partial charge in [0.1, 0.15) is 12.3 Å². The molecule has 2 fully saturated rings. The lowest BCUT2D eigenvalue weighted by Gasteiger charge is -2.47. The molecule has 0 unspecified atom stereocenters. The molecule has 0 aromatic carbocycles. The highest BCUT2D eigenvalue weighted by molar-refractivity contribution is 8.03. The second-order valence-electron chi connectivity index (χ2n) is 8.49. The van der Waals surface area contributed by atoms with E-state index in [1.165, 1.54) is 23.8 Å². The highest BCUT2D eigenvalue weighted by Crippen LogP contribution is 2.51. The Balaban J connectivity index is 1.74. The van der Waals surface area contributed by atoms with Gasteiger partial charge in [0.15, 0.2) is 0 Å². The van der Waals surface area contributed by atoms with Crippen LogP contribution in [-0.4, -0.2) is 96.3 Å². The average Bonchev–Trinajstić information content (AvgIpc) is 3.23. The van der Waals surface area contributed by atoms with Crippen LogP contribution >= 0.6 is 11.8 Å². The third kappa shape index (κ3) is 4.31. The van der Waals surface area contributed by atoms with Gasteiger partial charge in [-0.2, -0.15) is 0 Å². The Hall–Kier alpha value is -2.11. The van der Waals surface area contributed by atoms with Gasteiger partial charge in [-0.3, -0.25) is 14.4 Å². The number of carboxylic acid groups (broad SMARTS) is 1. The van der Waals surface area contributed by atoms with Crippen LogP contribution in [-0.2, 0) is 23.9 Å². The number of methoxy groups -OCH3 is 1. The van der Waals surface area contributed by atoms with Crippen molar-refractivity contribution in [3.8, 4) is 0 Å². The Morgan fingerprint density at radius 2 is 2.06 bits per heavy atom. The van der Waals surface area contributed by atoms with Crippen molar-refractivity contribution in [2.75, 3.05) is 34.4 Å². The first-order valence-corrected chi connectivity index (χ1v) is 11.2. The SMILES string of the molecule is COCC(=O)N[C@H](C)[C@H]1C(=O)N2C(C(=O)O)=C(S[C@@H]3CN[C@H](C(=O)N(C)C)C3)[C@H](C)[C@H]12. The van der Waals surface area contributed by atoms with E-state index in [2.05, 4.69) is 10.6 Å². The molecule has 0 aromatic heterocycles. The molecule has 0 radical (unpaired) electrons. The Labute approximate surface area is 185 Å². The molecule has 0 aliphatic carbocycles. The molecule has 6 atom stereocenters.